The van der Waals surface area contributed by atoms with Crippen molar-refractivity contribution in [1.29, 1.82) is 0 Å². The molecule has 0 rings (SSSR count). The van der Waals surface area contributed by atoms with Gasteiger partial charge in [-0.15, -0.1) is 0 Å². The van der Waals surface area contributed by atoms with Gasteiger partial charge in [0.25, 0.3) is 0 Å². The molecule has 0 saturated heterocycles. The number of hydrogen-bond acceptors (Lipinski definition) is 1. The minimum absolute atomic E-state index is 1.06. The van der Waals surface area contributed by atoms with Crippen molar-refractivity contribution in [3.8, 4) is 0 Å². The van der Waals surface area contributed by atoms with Crippen LogP contribution in [0.3, 0.4) is 0 Å². The second kappa shape index (κ2) is 8.35. The Morgan fingerprint density at radius 1 is 0.889 bits per heavy atom. The van der Waals surface area contributed by atoms with Gasteiger partial charge in [-0.05, 0) is 12.2 Å². The van der Waals surface area contributed by atoms with E-state index in [0.717, 1.165) is 5.75 Å². The van der Waals surface area contributed by atoms with Crippen LogP contribution in [0.1, 0.15) is 45.4 Å². The smallest absolute Gasteiger partial charge is 0.00979 e. The summed E-state index contributed by atoms with van der Waals surface area (Å²) in [6.07, 6.45) is 8.27. The van der Waals surface area contributed by atoms with Gasteiger partial charge in [-0.1, -0.05) is 39.0 Å². The molecule has 0 radical (unpaired) electrons. The molecular weight excluding hydrogens is 129 g/mol. The fraction of sp³-hybridized carbons (Fsp3) is 1.00. The molecule has 0 bridgehead atoms. The summed E-state index contributed by atoms with van der Waals surface area (Å²) < 4.78 is 0. The summed E-state index contributed by atoms with van der Waals surface area (Å²) in [5.74, 6) is 1.06. The van der Waals surface area contributed by atoms with Crippen LogP contribution in [0.4, 0.5) is 0 Å². The number of hydrogen-bond donors (Lipinski definition) is 1. The molecule has 0 aromatic rings. The summed E-state index contributed by atoms with van der Waals surface area (Å²) in [6.45, 7) is 2.25. The fourth-order valence-corrected chi connectivity index (χ4v) is 1.12. The Bertz CT molecular complexity index is 37.8. The first-order valence-electron chi connectivity index (χ1n) is 4.02. The average molecular weight is 147 g/mol. The van der Waals surface area contributed by atoms with Gasteiger partial charge in [0.05, 0.1) is 0 Å². The lowest BCUT2D eigenvalue weighted by molar-refractivity contribution is 0.627. The van der Waals surface area contributed by atoms with E-state index >= 15 is 0 Å². The SMILES string of the molecule is CCCCCCC[13CH2]S. The van der Waals surface area contributed by atoms with Gasteiger partial charge in [0.1, 0.15) is 0 Å². The maximum atomic E-state index is 4.15. The topological polar surface area (TPSA) is 0 Å². The molecule has 0 heterocycles. The zero-order valence-corrected chi connectivity index (χ0v) is 7.29. The van der Waals surface area contributed by atoms with Crippen molar-refractivity contribution in [2.45, 2.75) is 45.4 Å². The highest BCUT2D eigenvalue weighted by atomic mass is 32.1. The minimum atomic E-state index is 1.06. The molecule has 1 heteroatoms. The first-order valence-corrected chi connectivity index (χ1v) is 4.66. The summed E-state index contributed by atoms with van der Waals surface area (Å²) in [5.41, 5.74) is 0. The monoisotopic (exact) mass is 147 g/mol. The third kappa shape index (κ3) is 8.35. The van der Waals surface area contributed by atoms with Gasteiger partial charge < -0.3 is 0 Å². The highest BCUT2D eigenvalue weighted by molar-refractivity contribution is 7.80. The molecule has 0 aromatic carbocycles. The average Bonchev–Trinajstić information content (AvgIpc) is 1.89. The first kappa shape index (κ1) is 9.35. The van der Waals surface area contributed by atoms with Gasteiger partial charge in [-0.25, -0.2) is 0 Å². The largest absolute Gasteiger partial charge is 0.179 e. The fourth-order valence-electron chi connectivity index (χ4n) is 0.892. The van der Waals surface area contributed by atoms with Crippen molar-refractivity contribution in [1.82, 2.24) is 0 Å². The lowest BCUT2D eigenvalue weighted by atomic mass is 10.1. The molecule has 9 heavy (non-hydrogen) atoms. The highest BCUT2D eigenvalue weighted by Gasteiger charge is 1.86. The third-order valence-electron chi connectivity index (χ3n) is 1.51. The lowest BCUT2D eigenvalue weighted by Gasteiger charge is -1.95. The van der Waals surface area contributed by atoms with Gasteiger partial charge in [-0.3, -0.25) is 0 Å². The van der Waals surface area contributed by atoms with Gasteiger partial charge >= 0.3 is 0 Å². The van der Waals surface area contributed by atoms with E-state index in [4.69, 9.17) is 0 Å². The van der Waals surface area contributed by atoms with Crippen molar-refractivity contribution >= 4 is 12.6 Å². The minimum Gasteiger partial charge on any atom is -0.179 e. The Hall–Kier alpha value is 0.350. The Balaban J connectivity index is 2.60. The molecule has 0 aliphatic carbocycles. The first-order chi connectivity index (χ1) is 4.41. The van der Waals surface area contributed by atoms with Crippen LogP contribution in [-0.4, -0.2) is 5.75 Å². The molecule has 0 fully saturated rings. The third-order valence-corrected chi connectivity index (χ3v) is 1.83. The van der Waals surface area contributed by atoms with E-state index in [1.54, 1.807) is 0 Å². The van der Waals surface area contributed by atoms with Crippen LogP contribution in [0.5, 0.6) is 0 Å². The summed E-state index contributed by atoms with van der Waals surface area (Å²) in [4.78, 5) is 0. The Morgan fingerprint density at radius 2 is 1.44 bits per heavy atom. The van der Waals surface area contributed by atoms with Crippen molar-refractivity contribution in [2.75, 3.05) is 5.75 Å². The lowest BCUT2D eigenvalue weighted by Crippen LogP contribution is -1.78. The Kier molecular flexibility index (Phi) is 8.67. The van der Waals surface area contributed by atoms with Crippen LogP contribution in [0.15, 0.2) is 0 Å². The van der Waals surface area contributed by atoms with Crippen LogP contribution >= 0.6 is 12.6 Å². The van der Waals surface area contributed by atoms with Gasteiger partial charge in [0.15, 0.2) is 0 Å². The number of rotatable bonds is 6. The van der Waals surface area contributed by atoms with Crippen LogP contribution in [0.2, 0.25) is 0 Å². The van der Waals surface area contributed by atoms with Crippen LogP contribution in [-0.2, 0) is 0 Å². The van der Waals surface area contributed by atoms with Gasteiger partial charge in [0.2, 0.25) is 0 Å². The molecule has 0 nitrogen and oxygen atoms in total. The second-order valence-electron chi connectivity index (χ2n) is 2.49. The van der Waals surface area contributed by atoms with E-state index in [2.05, 4.69) is 19.6 Å². The maximum absolute atomic E-state index is 4.15. The predicted octanol–water partition coefficient (Wildman–Crippen LogP) is 3.28. The molecular formula is C8H18S. The predicted molar refractivity (Wildman–Crippen MR) is 47.2 cm³/mol. The molecule has 0 unspecified atom stereocenters. The number of unbranched alkanes of at least 4 members (excludes halogenated alkanes) is 5. The van der Waals surface area contributed by atoms with E-state index in [1.165, 1.54) is 38.5 Å². The van der Waals surface area contributed by atoms with Gasteiger partial charge in [-0.2, -0.15) is 12.6 Å². The van der Waals surface area contributed by atoms with E-state index in [1.807, 2.05) is 0 Å². The van der Waals surface area contributed by atoms with Crippen LogP contribution in [0.25, 0.3) is 0 Å². The zero-order valence-electron chi connectivity index (χ0n) is 6.40. The summed E-state index contributed by atoms with van der Waals surface area (Å²) >= 11 is 4.15. The summed E-state index contributed by atoms with van der Waals surface area (Å²) in [7, 11) is 0. The molecule has 0 atom stereocenters. The highest BCUT2D eigenvalue weighted by Crippen LogP contribution is 2.04. The maximum Gasteiger partial charge on any atom is -0.00979 e. The molecule has 0 N–H and O–H groups in total. The number of thiol groups is 1. The van der Waals surface area contributed by atoms with Crippen molar-refractivity contribution in [3.63, 3.8) is 0 Å². The molecule has 0 saturated carbocycles. The molecule has 0 spiro atoms. The Morgan fingerprint density at radius 3 is 2.00 bits per heavy atom. The molecule has 56 valence electrons. The molecule has 0 aliphatic heterocycles. The molecule has 0 amide bonds. The normalized spacial score (nSPS) is 10.0. The van der Waals surface area contributed by atoms with E-state index in [9.17, 15) is 0 Å². The van der Waals surface area contributed by atoms with Crippen molar-refractivity contribution in [3.05, 3.63) is 0 Å². The van der Waals surface area contributed by atoms with Crippen LogP contribution in [0, 0.1) is 0 Å². The second-order valence-corrected chi connectivity index (χ2v) is 2.94. The van der Waals surface area contributed by atoms with E-state index < -0.39 is 0 Å². The molecule has 0 aliphatic rings. The zero-order chi connectivity index (χ0) is 6.95. The van der Waals surface area contributed by atoms with E-state index in [0.29, 0.717) is 0 Å². The molecule has 0 aromatic heterocycles. The quantitative estimate of drug-likeness (QED) is 0.333. The standard InChI is InChI=1S/C8H18S/c1-2-3-4-5-6-7-8-9/h9H,2-8H2,1H3/i8+1. The van der Waals surface area contributed by atoms with E-state index in [-0.39, 0.29) is 0 Å². The van der Waals surface area contributed by atoms with Crippen molar-refractivity contribution in [2.24, 2.45) is 0 Å². The van der Waals surface area contributed by atoms with Crippen molar-refractivity contribution < 1.29 is 0 Å². The van der Waals surface area contributed by atoms with Gasteiger partial charge in [0, 0.05) is 0 Å². The Labute approximate surface area is 64.4 Å². The summed E-state index contributed by atoms with van der Waals surface area (Å²) in [6, 6.07) is 0. The summed E-state index contributed by atoms with van der Waals surface area (Å²) in [5, 5.41) is 0. The van der Waals surface area contributed by atoms with Crippen LogP contribution < -0.4 is 0 Å².